The minimum Gasteiger partial charge on any atom is -0.271 e. The van der Waals surface area contributed by atoms with Gasteiger partial charge in [0.2, 0.25) is 0 Å². The highest BCUT2D eigenvalue weighted by Crippen LogP contribution is 2.19. The SMILES string of the molecule is CC(C(NN)c1ccnn1C)S(C)(=O)=O. The van der Waals surface area contributed by atoms with Gasteiger partial charge in [-0.25, -0.2) is 8.42 Å². The molecular formula is C8H16N4O2S. The Balaban J connectivity index is 3.06. The molecule has 0 radical (unpaired) electrons. The number of sulfone groups is 1. The smallest absolute Gasteiger partial charge is 0.152 e. The van der Waals surface area contributed by atoms with E-state index in [2.05, 4.69) is 10.5 Å². The molecule has 0 saturated heterocycles. The summed E-state index contributed by atoms with van der Waals surface area (Å²) in [5.41, 5.74) is 3.26. The van der Waals surface area contributed by atoms with E-state index in [0.717, 1.165) is 5.69 Å². The molecule has 2 atom stereocenters. The van der Waals surface area contributed by atoms with Gasteiger partial charge in [-0.15, -0.1) is 0 Å². The lowest BCUT2D eigenvalue weighted by atomic mass is 10.1. The van der Waals surface area contributed by atoms with Crippen molar-refractivity contribution in [1.82, 2.24) is 15.2 Å². The average Bonchev–Trinajstić information content (AvgIpc) is 2.52. The normalized spacial score (nSPS) is 16.3. The molecule has 0 amide bonds. The third kappa shape index (κ3) is 2.55. The van der Waals surface area contributed by atoms with Gasteiger partial charge in [0.25, 0.3) is 0 Å². The first-order valence-corrected chi connectivity index (χ1v) is 6.46. The molecule has 15 heavy (non-hydrogen) atoms. The average molecular weight is 232 g/mol. The summed E-state index contributed by atoms with van der Waals surface area (Å²) in [7, 11) is -1.40. The van der Waals surface area contributed by atoms with E-state index in [4.69, 9.17) is 5.84 Å². The Labute approximate surface area is 89.3 Å². The van der Waals surface area contributed by atoms with E-state index < -0.39 is 21.1 Å². The molecular weight excluding hydrogens is 216 g/mol. The standard InChI is InChI=1S/C8H16N4O2S/c1-6(15(3,13)14)8(11-9)7-4-5-10-12(7)2/h4-6,8,11H,9H2,1-3H3. The quantitative estimate of drug-likeness (QED) is 0.532. The summed E-state index contributed by atoms with van der Waals surface area (Å²) >= 11 is 0. The molecule has 1 rings (SSSR count). The predicted octanol–water partition coefficient (Wildman–Crippen LogP) is -0.642. The molecule has 0 fully saturated rings. The van der Waals surface area contributed by atoms with Crippen LogP contribution >= 0.6 is 0 Å². The summed E-state index contributed by atoms with van der Waals surface area (Å²) in [5.74, 6) is 5.37. The van der Waals surface area contributed by atoms with Gasteiger partial charge in [-0.2, -0.15) is 5.10 Å². The zero-order valence-corrected chi connectivity index (χ0v) is 9.82. The van der Waals surface area contributed by atoms with Crippen LogP contribution in [-0.4, -0.2) is 29.7 Å². The second kappa shape index (κ2) is 4.30. The number of aromatic nitrogens is 2. The summed E-state index contributed by atoms with van der Waals surface area (Å²) in [6, 6.07) is 1.29. The Morgan fingerprint density at radius 3 is 2.53 bits per heavy atom. The number of hydrogen-bond acceptors (Lipinski definition) is 5. The summed E-state index contributed by atoms with van der Waals surface area (Å²) in [6.07, 6.45) is 2.80. The summed E-state index contributed by atoms with van der Waals surface area (Å²) < 4.78 is 24.4. The summed E-state index contributed by atoms with van der Waals surface area (Å²) in [6.45, 7) is 1.62. The fourth-order valence-corrected chi connectivity index (χ4v) is 2.11. The van der Waals surface area contributed by atoms with Gasteiger partial charge in [0, 0.05) is 19.5 Å². The van der Waals surface area contributed by atoms with E-state index in [0.29, 0.717) is 0 Å². The number of nitrogens with one attached hydrogen (secondary N) is 1. The van der Waals surface area contributed by atoms with Crippen LogP contribution in [0.15, 0.2) is 12.3 Å². The van der Waals surface area contributed by atoms with Crippen molar-refractivity contribution in [2.75, 3.05) is 6.26 Å². The number of rotatable bonds is 4. The van der Waals surface area contributed by atoms with Crippen LogP contribution in [-0.2, 0) is 16.9 Å². The molecule has 0 saturated carbocycles. The number of hydrogen-bond donors (Lipinski definition) is 2. The zero-order chi connectivity index (χ0) is 11.6. The Hall–Kier alpha value is -0.920. The van der Waals surface area contributed by atoms with Gasteiger partial charge >= 0.3 is 0 Å². The highest BCUT2D eigenvalue weighted by Gasteiger charge is 2.28. The van der Waals surface area contributed by atoms with Crippen molar-refractivity contribution in [2.45, 2.75) is 18.2 Å². The second-order valence-electron chi connectivity index (χ2n) is 3.56. The van der Waals surface area contributed by atoms with Crippen LogP contribution in [0.5, 0.6) is 0 Å². The second-order valence-corrected chi connectivity index (χ2v) is 5.96. The molecule has 6 nitrogen and oxygen atoms in total. The van der Waals surface area contributed by atoms with Crippen molar-refractivity contribution >= 4 is 9.84 Å². The highest BCUT2D eigenvalue weighted by molar-refractivity contribution is 7.91. The molecule has 1 heterocycles. The molecule has 1 aromatic heterocycles. The molecule has 0 bridgehead atoms. The third-order valence-electron chi connectivity index (χ3n) is 2.50. The predicted molar refractivity (Wildman–Crippen MR) is 57.6 cm³/mol. The lowest BCUT2D eigenvalue weighted by molar-refractivity contribution is 0.484. The Bertz CT molecular complexity index is 426. The van der Waals surface area contributed by atoms with Crippen LogP contribution in [0.25, 0.3) is 0 Å². The minimum absolute atomic E-state index is 0.451. The van der Waals surface area contributed by atoms with Gasteiger partial charge in [-0.1, -0.05) is 0 Å². The zero-order valence-electron chi connectivity index (χ0n) is 9.01. The van der Waals surface area contributed by atoms with Gasteiger partial charge in [-0.3, -0.25) is 16.0 Å². The number of hydrazine groups is 1. The van der Waals surface area contributed by atoms with E-state index in [9.17, 15) is 8.42 Å². The summed E-state index contributed by atoms with van der Waals surface area (Å²) in [5, 5.41) is 3.38. The van der Waals surface area contributed by atoms with Gasteiger partial charge in [0.1, 0.15) is 0 Å². The Morgan fingerprint density at radius 2 is 2.20 bits per heavy atom. The maximum absolute atomic E-state index is 11.4. The number of nitrogens with two attached hydrogens (primary N) is 1. The maximum Gasteiger partial charge on any atom is 0.152 e. The minimum atomic E-state index is -3.14. The molecule has 86 valence electrons. The van der Waals surface area contributed by atoms with Gasteiger partial charge in [0.05, 0.1) is 17.0 Å². The van der Waals surface area contributed by atoms with E-state index >= 15 is 0 Å². The molecule has 0 spiro atoms. The van der Waals surface area contributed by atoms with Crippen LogP contribution in [0.4, 0.5) is 0 Å². The topological polar surface area (TPSA) is 90.0 Å². The van der Waals surface area contributed by atoms with Gasteiger partial charge in [0.15, 0.2) is 9.84 Å². The van der Waals surface area contributed by atoms with Crippen molar-refractivity contribution < 1.29 is 8.42 Å². The first-order valence-electron chi connectivity index (χ1n) is 4.51. The van der Waals surface area contributed by atoms with Crippen LogP contribution in [0.3, 0.4) is 0 Å². The van der Waals surface area contributed by atoms with Crippen LogP contribution in [0.2, 0.25) is 0 Å². The Morgan fingerprint density at radius 1 is 1.60 bits per heavy atom. The number of aryl methyl sites for hydroxylation is 1. The van der Waals surface area contributed by atoms with E-state index in [1.165, 1.54) is 6.26 Å². The van der Waals surface area contributed by atoms with Gasteiger partial charge in [-0.05, 0) is 13.0 Å². The molecule has 3 N–H and O–H groups in total. The van der Waals surface area contributed by atoms with Crippen LogP contribution < -0.4 is 11.3 Å². The van der Waals surface area contributed by atoms with E-state index in [1.807, 2.05) is 0 Å². The third-order valence-corrected chi connectivity index (χ3v) is 4.12. The first-order chi connectivity index (χ1) is 6.88. The first kappa shape index (κ1) is 12.2. The van der Waals surface area contributed by atoms with E-state index in [-0.39, 0.29) is 0 Å². The molecule has 0 aliphatic rings. The van der Waals surface area contributed by atoms with Gasteiger partial charge < -0.3 is 0 Å². The lowest BCUT2D eigenvalue weighted by Gasteiger charge is -2.21. The molecule has 2 unspecified atom stereocenters. The lowest BCUT2D eigenvalue weighted by Crippen LogP contribution is -2.39. The highest BCUT2D eigenvalue weighted by atomic mass is 32.2. The largest absolute Gasteiger partial charge is 0.271 e. The molecule has 0 aromatic carbocycles. The molecule has 0 aliphatic heterocycles. The number of nitrogens with zero attached hydrogens (tertiary/aromatic N) is 2. The van der Waals surface area contributed by atoms with E-state index in [1.54, 1.807) is 30.9 Å². The molecule has 0 aliphatic carbocycles. The van der Waals surface area contributed by atoms with Crippen molar-refractivity contribution in [2.24, 2.45) is 12.9 Å². The molecule has 1 aromatic rings. The fraction of sp³-hybridized carbons (Fsp3) is 0.625. The van der Waals surface area contributed by atoms with Crippen molar-refractivity contribution in [3.05, 3.63) is 18.0 Å². The Kier molecular flexibility index (Phi) is 3.48. The maximum atomic E-state index is 11.4. The van der Waals surface area contributed by atoms with Crippen molar-refractivity contribution in [3.63, 3.8) is 0 Å². The van der Waals surface area contributed by atoms with Crippen LogP contribution in [0, 0.1) is 0 Å². The van der Waals surface area contributed by atoms with Crippen molar-refractivity contribution in [3.8, 4) is 0 Å². The fourth-order valence-electron chi connectivity index (χ4n) is 1.40. The molecule has 7 heteroatoms. The summed E-state index contributed by atoms with van der Waals surface area (Å²) in [4.78, 5) is 0. The monoisotopic (exact) mass is 232 g/mol. The van der Waals surface area contributed by atoms with Crippen LogP contribution in [0.1, 0.15) is 18.7 Å². The van der Waals surface area contributed by atoms with Crippen molar-refractivity contribution in [1.29, 1.82) is 0 Å².